The van der Waals surface area contributed by atoms with Gasteiger partial charge in [-0.05, 0) is 37.3 Å². The fraction of sp³-hybridized carbons (Fsp3) is 0.706. The monoisotopic (exact) mass is 275 g/mol. The number of nitrogens with zero attached hydrogens (tertiary/aromatic N) is 2. The zero-order valence-electron chi connectivity index (χ0n) is 13.2. The van der Waals surface area contributed by atoms with Gasteiger partial charge in [-0.15, -0.1) is 0 Å². The molecule has 1 heterocycles. The molecule has 3 heteroatoms. The first-order chi connectivity index (χ1) is 9.61. The minimum atomic E-state index is 0.314. The summed E-state index contributed by atoms with van der Waals surface area (Å²) < 4.78 is 0. The van der Waals surface area contributed by atoms with Crippen LogP contribution in [0.1, 0.15) is 56.8 Å². The van der Waals surface area contributed by atoms with Crippen LogP contribution in [-0.4, -0.2) is 29.0 Å². The third-order valence-electron chi connectivity index (χ3n) is 4.31. The van der Waals surface area contributed by atoms with E-state index in [2.05, 4.69) is 35.9 Å². The van der Waals surface area contributed by atoms with Crippen LogP contribution in [0.3, 0.4) is 0 Å². The summed E-state index contributed by atoms with van der Waals surface area (Å²) in [6, 6.07) is 5.31. The Morgan fingerprint density at radius 3 is 2.50 bits per heavy atom. The summed E-state index contributed by atoms with van der Waals surface area (Å²) in [7, 11) is 0. The molecule has 112 valence electrons. The molecule has 1 aromatic rings. The number of aryl methyl sites for hydroxylation is 1. The van der Waals surface area contributed by atoms with E-state index in [-0.39, 0.29) is 0 Å². The van der Waals surface area contributed by atoms with Gasteiger partial charge in [0, 0.05) is 37.1 Å². The van der Waals surface area contributed by atoms with Crippen molar-refractivity contribution in [1.82, 2.24) is 9.88 Å². The number of hydrogen-bond donors (Lipinski definition) is 1. The van der Waals surface area contributed by atoms with E-state index < -0.39 is 0 Å². The summed E-state index contributed by atoms with van der Waals surface area (Å²) >= 11 is 0. The number of pyridine rings is 1. The highest BCUT2D eigenvalue weighted by Gasteiger charge is 2.29. The van der Waals surface area contributed by atoms with Gasteiger partial charge in [-0.25, -0.2) is 0 Å². The SMILES string of the molecule is Cc1ccc(C(CN)N(CC(C)C)C2CCCC2)cn1. The molecule has 3 nitrogen and oxygen atoms in total. The van der Waals surface area contributed by atoms with Gasteiger partial charge >= 0.3 is 0 Å². The van der Waals surface area contributed by atoms with Crippen molar-refractivity contribution in [3.8, 4) is 0 Å². The maximum Gasteiger partial charge on any atom is 0.0488 e. The Kier molecular flexibility index (Phi) is 5.55. The van der Waals surface area contributed by atoms with E-state index in [1.54, 1.807) is 0 Å². The fourth-order valence-electron chi connectivity index (χ4n) is 3.33. The lowest BCUT2D eigenvalue weighted by Crippen LogP contribution is -2.42. The van der Waals surface area contributed by atoms with E-state index in [0.29, 0.717) is 24.5 Å². The van der Waals surface area contributed by atoms with Crippen LogP contribution in [0.25, 0.3) is 0 Å². The van der Waals surface area contributed by atoms with Gasteiger partial charge in [0.25, 0.3) is 0 Å². The third-order valence-corrected chi connectivity index (χ3v) is 4.31. The van der Waals surface area contributed by atoms with Crippen LogP contribution in [0.5, 0.6) is 0 Å². The van der Waals surface area contributed by atoms with Gasteiger partial charge in [-0.2, -0.15) is 0 Å². The summed E-state index contributed by atoms with van der Waals surface area (Å²) in [4.78, 5) is 7.10. The predicted octanol–water partition coefficient (Wildman–Crippen LogP) is 3.29. The molecule has 0 amide bonds. The van der Waals surface area contributed by atoms with Gasteiger partial charge < -0.3 is 5.73 Å². The Balaban J connectivity index is 2.20. The molecule has 1 aromatic heterocycles. The van der Waals surface area contributed by atoms with Crippen molar-refractivity contribution in [2.24, 2.45) is 11.7 Å². The van der Waals surface area contributed by atoms with Crippen molar-refractivity contribution < 1.29 is 0 Å². The van der Waals surface area contributed by atoms with Crippen LogP contribution >= 0.6 is 0 Å². The molecule has 0 bridgehead atoms. The Hall–Kier alpha value is -0.930. The first kappa shape index (κ1) is 15.5. The summed E-state index contributed by atoms with van der Waals surface area (Å²) in [5.41, 5.74) is 8.46. The van der Waals surface area contributed by atoms with Crippen LogP contribution in [0, 0.1) is 12.8 Å². The van der Waals surface area contributed by atoms with E-state index in [4.69, 9.17) is 5.73 Å². The van der Waals surface area contributed by atoms with E-state index >= 15 is 0 Å². The summed E-state index contributed by atoms with van der Waals surface area (Å²) in [5.74, 6) is 0.669. The van der Waals surface area contributed by atoms with Crippen molar-refractivity contribution >= 4 is 0 Å². The standard InChI is InChI=1S/C17H29N3/c1-13(2)12-20(16-6-4-5-7-16)17(10-18)15-9-8-14(3)19-11-15/h8-9,11,13,16-17H,4-7,10,12,18H2,1-3H3. The predicted molar refractivity (Wildman–Crippen MR) is 84.6 cm³/mol. The third kappa shape index (κ3) is 3.80. The van der Waals surface area contributed by atoms with Gasteiger partial charge in [0.15, 0.2) is 0 Å². The molecule has 0 aliphatic heterocycles. The van der Waals surface area contributed by atoms with Gasteiger partial charge in [-0.3, -0.25) is 9.88 Å². The zero-order valence-corrected chi connectivity index (χ0v) is 13.2. The summed E-state index contributed by atoms with van der Waals surface area (Å²) in [5, 5.41) is 0. The molecular formula is C17H29N3. The molecule has 1 atom stereocenters. The highest BCUT2D eigenvalue weighted by atomic mass is 15.2. The highest BCUT2D eigenvalue weighted by molar-refractivity contribution is 5.18. The second kappa shape index (κ2) is 7.19. The molecule has 0 saturated heterocycles. The molecule has 2 rings (SSSR count). The van der Waals surface area contributed by atoms with Gasteiger partial charge in [0.05, 0.1) is 0 Å². The number of rotatable bonds is 6. The van der Waals surface area contributed by atoms with E-state index in [0.717, 1.165) is 12.2 Å². The van der Waals surface area contributed by atoms with Gasteiger partial charge in [0.1, 0.15) is 0 Å². The summed E-state index contributed by atoms with van der Waals surface area (Å²) in [6.45, 7) is 8.42. The Bertz CT molecular complexity index is 393. The molecule has 0 aromatic carbocycles. The quantitative estimate of drug-likeness (QED) is 0.866. The normalized spacial score (nSPS) is 18.1. The Labute approximate surface area is 123 Å². The minimum absolute atomic E-state index is 0.314. The molecule has 2 N–H and O–H groups in total. The molecule has 20 heavy (non-hydrogen) atoms. The smallest absolute Gasteiger partial charge is 0.0488 e. The van der Waals surface area contributed by atoms with Crippen molar-refractivity contribution in [3.05, 3.63) is 29.6 Å². The molecular weight excluding hydrogens is 246 g/mol. The first-order valence-electron chi connectivity index (χ1n) is 8.00. The lowest BCUT2D eigenvalue weighted by Gasteiger charge is -2.37. The molecule has 1 fully saturated rings. The van der Waals surface area contributed by atoms with Crippen molar-refractivity contribution in [2.75, 3.05) is 13.1 Å². The first-order valence-corrected chi connectivity index (χ1v) is 8.00. The molecule has 0 spiro atoms. The lowest BCUT2D eigenvalue weighted by atomic mass is 10.0. The van der Waals surface area contributed by atoms with Crippen molar-refractivity contribution in [1.29, 1.82) is 0 Å². The van der Waals surface area contributed by atoms with E-state index in [1.807, 2.05) is 13.1 Å². The largest absolute Gasteiger partial charge is 0.329 e. The number of aromatic nitrogens is 1. The van der Waals surface area contributed by atoms with Crippen molar-refractivity contribution in [3.63, 3.8) is 0 Å². The molecule has 1 unspecified atom stereocenters. The molecule has 1 saturated carbocycles. The van der Waals surface area contributed by atoms with Crippen LogP contribution in [0.4, 0.5) is 0 Å². The average Bonchev–Trinajstić information content (AvgIpc) is 2.94. The van der Waals surface area contributed by atoms with Crippen LogP contribution in [-0.2, 0) is 0 Å². The van der Waals surface area contributed by atoms with Gasteiger partial charge in [0.2, 0.25) is 0 Å². The van der Waals surface area contributed by atoms with Gasteiger partial charge in [-0.1, -0.05) is 32.8 Å². The molecule has 0 radical (unpaired) electrons. The highest BCUT2D eigenvalue weighted by Crippen LogP contribution is 2.31. The second-order valence-corrected chi connectivity index (χ2v) is 6.51. The van der Waals surface area contributed by atoms with E-state index in [9.17, 15) is 0 Å². The number of nitrogens with two attached hydrogens (primary N) is 1. The maximum atomic E-state index is 6.12. The van der Waals surface area contributed by atoms with Crippen molar-refractivity contribution in [2.45, 2.75) is 58.5 Å². The zero-order chi connectivity index (χ0) is 14.5. The Morgan fingerprint density at radius 2 is 2.00 bits per heavy atom. The fourth-order valence-corrected chi connectivity index (χ4v) is 3.33. The maximum absolute atomic E-state index is 6.12. The number of hydrogen-bond acceptors (Lipinski definition) is 3. The Morgan fingerprint density at radius 1 is 1.30 bits per heavy atom. The van der Waals surface area contributed by atoms with Crippen LogP contribution < -0.4 is 5.73 Å². The second-order valence-electron chi connectivity index (χ2n) is 6.51. The average molecular weight is 275 g/mol. The van der Waals surface area contributed by atoms with E-state index in [1.165, 1.54) is 31.2 Å². The lowest BCUT2D eigenvalue weighted by molar-refractivity contribution is 0.121. The minimum Gasteiger partial charge on any atom is -0.329 e. The topological polar surface area (TPSA) is 42.1 Å². The summed E-state index contributed by atoms with van der Waals surface area (Å²) in [6.07, 6.45) is 7.38. The van der Waals surface area contributed by atoms with Crippen LogP contribution in [0.15, 0.2) is 18.3 Å². The molecule has 1 aliphatic carbocycles. The molecule has 1 aliphatic rings. The van der Waals surface area contributed by atoms with Crippen LogP contribution in [0.2, 0.25) is 0 Å².